The van der Waals surface area contributed by atoms with Crippen LogP contribution >= 0.6 is 0 Å². The quantitative estimate of drug-likeness (QED) is 0.703. The van der Waals surface area contributed by atoms with Gasteiger partial charge in [0, 0.05) is 18.7 Å². The first-order valence-corrected chi connectivity index (χ1v) is 11.6. The summed E-state index contributed by atoms with van der Waals surface area (Å²) in [5.74, 6) is 1.20. The molecule has 8 heteroatoms. The van der Waals surface area contributed by atoms with Gasteiger partial charge in [-0.05, 0) is 76.1 Å². The average molecular weight is 452 g/mol. The van der Waals surface area contributed by atoms with Crippen molar-refractivity contribution in [3.8, 4) is 23.1 Å². The first-order chi connectivity index (χ1) is 15.6. The number of nitrogens with two attached hydrogens (primary N) is 1. The van der Waals surface area contributed by atoms with Crippen molar-refractivity contribution in [3.05, 3.63) is 29.8 Å². The van der Waals surface area contributed by atoms with E-state index in [4.69, 9.17) is 20.3 Å². The van der Waals surface area contributed by atoms with Crippen molar-refractivity contribution in [3.63, 3.8) is 0 Å². The number of ether oxygens (including phenoxy) is 2. The van der Waals surface area contributed by atoms with Crippen LogP contribution in [0.25, 0.3) is 11.3 Å². The van der Waals surface area contributed by atoms with E-state index in [-0.39, 0.29) is 17.6 Å². The highest BCUT2D eigenvalue weighted by molar-refractivity contribution is 5.73. The Balaban J connectivity index is 1.46. The second-order valence-electron chi connectivity index (χ2n) is 10.3. The van der Waals surface area contributed by atoms with E-state index in [0.29, 0.717) is 36.8 Å². The van der Waals surface area contributed by atoms with Crippen molar-refractivity contribution >= 4 is 11.9 Å². The van der Waals surface area contributed by atoms with Gasteiger partial charge in [0.05, 0.1) is 12.6 Å². The van der Waals surface area contributed by atoms with Crippen LogP contribution in [0.2, 0.25) is 0 Å². The molecule has 1 aromatic carbocycles. The first-order valence-electron chi connectivity index (χ1n) is 11.6. The number of hydrogen-bond donors (Lipinski definition) is 1. The molecule has 1 spiro atoms. The molecule has 176 valence electrons. The van der Waals surface area contributed by atoms with Crippen molar-refractivity contribution in [1.82, 2.24) is 14.7 Å². The second kappa shape index (κ2) is 8.62. The number of hydrogen-bond acceptors (Lipinski definition) is 6. The summed E-state index contributed by atoms with van der Waals surface area (Å²) in [6.07, 6.45) is 3.40. The van der Waals surface area contributed by atoms with Crippen LogP contribution < -0.4 is 10.5 Å². The number of nitriles is 1. The van der Waals surface area contributed by atoms with Gasteiger partial charge in [-0.2, -0.15) is 10.4 Å². The highest BCUT2D eigenvalue weighted by atomic mass is 16.6. The van der Waals surface area contributed by atoms with E-state index in [1.165, 1.54) is 0 Å². The number of rotatable bonds is 5. The summed E-state index contributed by atoms with van der Waals surface area (Å²) in [7, 11) is 0. The SMILES string of the molecule is CCCOc1ccc(-c2nn(C3CC4(CCN(C(=O)OC(C)(C)C)C4)C3)c(N)c2C#N)cc1. The van der Waals surface area contributed by atoms with Gasteiger partial charge < -0.3 is 20.1 Å². The van der Waals surface area contributed by atoms with Gasteiger partial charge in [-0.15, -0.1) is 0 Å². The van der Waals surface area contributed by atoms with Crippen molar-refractivity contribution in [2.75, 3.05) is 25.4 Å². The molecule has 1 aliphatic heterocycles. The Morgan fingerprint density at radius 3 is 2.61 bits per heavy atom. The highest BCUT2D eigenvalue weighted by Crippen LogP contribution is 2.54. The van der Waals surface area contributed by atoms with E-state index >= 15 is 0 Å². The Hall–Kier alpha value is -3.21. The summed E-state index contributed by atoms with van der Waals surface area (Å²) in [6.45, 7) is 9.77. The Morgan fingerprint density at radius 1 is 1.30 bits per heavy atom. The Bertz CT molecular complexity index is 1060. The van der Waals surface area contributed by atoms with Crippen LogP contribution in [0.5, 0.6) is 5.75 Å². The van der Waals surface area contributed by atoms with Crippen LogP contribution in [-0.2, 0) is 4.74 Å². The predicted octanol–water partition coefficient (Wildman–Crippen LogP) is 4.75. The van der Waals surface area contributed by atoms with E-state index in [1.54, 1.807) is 4.68 Å². The normalized spacial score (nSPS) is 22.2. The van der Waals surface area contributed by atoms with Gasteiger partial charge >= 0.3 is 6.09 Å². The first kappa shape index (κ1) is 23.0. The Labute approximate surface area is 195 Å². The summed E-state index contributed by atoms with van der Waals surface area (Å²) < 4.78 is 13.0. The zero-order valence-electron chi connectivity index (χ0n) is 19.9. The molecule has 1 saturated carbocycles. The van der Waals surface area contributed by atoms with Crippen molar-refractivity contribution < 1.29 is 14.3 Å². The molecule has 0 bridgehead atoms. The summed E-state index contributed by atoms with van der Waals surface area (Å²) >= 11 is 0. The lowest BCUT2D eigenvalue weighted by atomic mass is 9.65. The van der Waals surface area contributed by atoms with Crippen molar-refractivity contribution in [2.24, 2.45) is 5.41 Å². The fraction of sp³-hybridized carbons (Fsp3) is 0.560. The van der Waals surface area contributed by atoms with E-state index in [9.17, 15) is 10.1 Å². The van der Waals surface area contributed by atoms with Gasteiger partial charge in [-0.1, -0.05) is 6.92 Å². The van der Waals surface area contributed by atoms with E-state index in [2.05, 4.69) is 13.0 Å². The average Bonchev–Trinajstić information content (AvgIpc) is 3.32. The minimum absolute atomic E-state index is 0.0746. The van der Waals surface area contributed by atoms with E-state index in [1.807, 2.05) is 49.9 Å². The molecule has 1 aliphatic carbocycles. The van der Waals surface area contributed by atoms with Crippen molar-refractivity contribution in [1.29, 1.82) is 5.26 Å². The monoisotopic (exact) mass is 451 g/mol. The minimum atomic E-state index is -0.497. The topological polar surface area (TPSA) is 106 Å². The number of nitrogen functional groups attached to an aromatic ring is 1. The lowest BCUT2D eigenvalue weighted by Gasteiger charge is -2.45. The van der Waals surface area contributed by atoms with Crippen LogP contribution in [0.15, 0.2) is 24.3 Å². The number of amides is 1. The van der Waals surface area contributed by atoms with E-state index < -0.39 is 5.60 Å². The Kier molecular flexibility index (Phi) is 6.00. The molecule has 1 amide bonds. The molecule has 1 aromatic heterocycles. The molecule has 2 aromatic rings. The molecule has 8 nitrogen and oxygen atoms in total. The maximum Gasteiger partial charge on any atom is 0.410 e. The molecule has 1 saturated heterocycles. The van der Waals surface area contributed by atoms with Crippen LogP contribution in [0, 0.1) is 16.7 Å². The summed E-state index contributed by atoms with van der Waals surface area (Å²) in [4.78, 5) is 14.2. The number of aromatic nitrogens is 2. The predicted molar refractivity (Wildman–Crippen MR) is 126 cm³/mol. The van der Waals surface area contributed by atoms with Gasteiger partial charge in [0.15, 0.2) is 0 Å². The zero-order chi connectivity index (χ0) is 23.8. The van der Waals surface area contributed by atoms with Crippen LogP contribution in [0.4, 0.5) is 10.6 Å². The molecule has 4 rings (SSSR count). The smallest absolute Gasteiger partial charge is 0.410 e. The summed E-state index contributed by atoms with van der Waals surface area (Å²) in [5.41, 5.74) is 7.78. The number of nitrogens with zero attached hydrogens (tertiary/aromatic N) is 4. The van der Waals surface area contributed by atoms with Gasteiger partial charge in [0.1, 0.15) is 34.5 Å². The lowest BCUT2D eigenvalue weighted by molar-refractivity contribution is 0.0188. The third kappa shape index (κ3) is 4.63. The number of benzene rings is 1. The van der Waals surface area contributed by atoms with Gasteiger partial charge in [0.25, 0.3) is 0 Å². The fourth-order valence-corrected chi connectivity index (χ4v) is 4.83. The number of carbonyl (C=O) groups is 1. The molecule has 2 aliphatic rings. The highest BCUT2D eigenvalue weighted by Gasteiger charge is 2.51. The summed E-state index contributed by atoms with van der Waals surface area (Å²) in [6, 6.07) is 9.96. The van der Waals surface area contributed by atoms with Crippen LogP contribution in [0.3, 0.4) is 0 Å². The second-order valence-corrected chi connectivity index (χ2v) is 10.3. The number of carbonyl (C=O) groups excluding carboxylic acids is 1. The minimum Gasteiger partial charge on any atom is -0.494 e. The number of likely N-dealkylation sites (tertiary alicyclic amines) is 1. The maximum atomic E-state index is 12.4. The van der Waals surface area contributed by atoms with Crippen LogP contribution in [-0.4, -0.2) is 46.1 Å². The largest absolute Gasteiger partial charge is 0.494 e. The third-order valence-electron chi connectivity index (χ3n) is 6.43. The summed E-state index contributed by atoms with van der Waals surface area (Å²) in [5, 5.41) is 14.5. The maximum absolute atomic E-state index is 12.4. The fourth-order valence-electron chi connectivity index (χ4n) is 4.83. The standard InChI is InChI=1S/C25H33N5O3/c1-5-12-32-19-8-6-17(7-9-19)21-20(15-26)22(27)30(28-21)18-13-25(14-18)10-11-29(16-25)23(31)33-24(2,3)4/h6-9,18H,5,10-14,16,27H2,1-4H3. The Morgan fingerprint density at radius 2 is 2.00 bits per heavy atom. The van der Waals surface area contributed by atoms with Gasteiger partial charge in [-0.25, -0.2) is 9.48 Å². The van der Waals surface area contributed by atoms with E-state index in [0.717, 1.165) is 37.0 Å². The van der Waals surface area contributed by atoms with Gasteiger partial charge in [0.2, 0.25) is 0 Å². The third-order valence-corrected chi connectivity index (χ3v) is 6.43. The molecule has 0 atom stereocenters. The van der Waals surface area contributed by atoms with Crippen molar-refractivity contribution in [2.45, 2.75) is 65.0 Å². The molecular weight excluding hydrogens is 418 g/mol. The molecule has 0 unspecified atom stereocenters. The molecule has 2 fully saturated rings. The van der Waals surface area contributed by atoms with Crippen LogP contribution in [0.1, 0.15) is 65.0 Å². The molecule has 2 heterocycles. The molecule has 2 N–H and O–H groups in total. The molecular formula is C25H33N5O3. The number of anilines is 1. The lowest BCUT2D eigenvalue weighted by Crippen LogP contribution is -2.43. The molecule has 0 radical (unpaired) electrons. The van der Waals surface area contributed by atoms with Gasteiger partial charge in [-0.3, -0.25) is 0 Å². The zero-order valence-corrected chi connectivity index (χ0v) is 19.9. The molecule has 33 heavy (non-hydrogen) atoms.